The third-order valence-corrected chi connectivity index (χ3v) is 4.32. The highest BCUT2D eigenvalue weighted by Crippen LogP contribution is 2.26. The zero-order chi connectivity index (χ0) is 18.5. The van der Waals surface area contributed by atoms with Crippen LogP contribution in [0.15, 0.2) is 72.8 Å². The summed E-state index contributed by atoms with van der Waals surface area (Å²) >= 11 is 0. The largest absolute Gasteiger partial charge is 0.497 e. The zero-order valence-electron chi connectivity index (χ0n) is 14.8. The summed E-state index contributed by atoms with van der Waals surface area (Å²) in [5.41, 5.74) is 4.30. The van der Waals surface area contributed by atoms with Crippen LogP contribution < -0.4 is 9.64 Å². The van der Waals surface area contributed by atoms with Gasteiger partial charge in [-0.2, -0.15) is 0 Å². The Morgan fingerprint density at radius 1 is 0.962 bits per heavy atom. The highest BCUT2D eigenvalue weighted by Gasteiger charge is 2.14. The number of hydrogen-bond acceptors (Lipinski definition) is 3. The molecule has 0 aromatic heterocycles. The summed E-state index contributed by atoms with van der Waals surface area (Å²) in [4.78, 5) is 14.4. The molecule has 3 rings (SSSR count). The maximum atomic E-state index is 12.8. The number of hydrogen-bond donors (Lipinski definition) is 1. The SMILES string of the molecule is COc1cccc(C(=O)N(C)c2cccc(-c3ccc(CO)cc3)c2)c1. The van der Waals surface area contributed by atoms with Crippen molar-refractivity contribution in [1.29, 1.82) is 0 Å². The predicted octanol–water partition coefficient (Wildman–Crippen LogP) is 4.13. The lowest BCUT2D eigenvalue weighted by molar-refractivity contribution is 0.0992. The molecule has 0 spiro atoms. The van der Waals surface area contributed by atoms with Gasteiger partial charge in [-0.3, -0.25) is 4.79 Å². The van der Waals surface area contributed by atoms with Crippen LogP contribution in [0, 0.1) is 0 Å². The van der Waals surface area contributed by atoms with E-state index in [2.05, 4.69) is 0 Å². The van der Waals surface area contributed by atoms with Crippen LogP contribution in [0.3, 0.4) is 0 Å². The van der Waals surface area contributed by atoms with Crippen LogP contribution in [0.5, 0.6) is 5.75 Å². The van der Waals surface area contributed by atoms with Crippen molar-refractivity contribution in [1.82, 2.24) is 0 Å². The van der Waals surface area contributed by atoms with Crippen LogP contribution in [0.25, 0.3) is 11.1 Å². The number of benzene rings is 3. The van der Waals surface area contributed by atoms with E-state index in [9.17, 15) is 4.79 Å². The second kappa shape index (κ2) is 7.85. The average Bonchev–Trinajstić information content (AvgIpc) is 2.72. The molecule has 0 aliphatic carbocycles. The minimum Gasteiger partial charge on any atom is -0.497 e. The van der Waals surface area contributed by atoms with E-state index < -0.39 is 0 Å². The molecular formula is C22H21NO3. The Labute approximate surface area is 153 Å². The Bertz CT molecular complexity index is 903. The standard InChI is InChI=1S/C22H21NO3/c1-23(22(25)19-6-4-8-21(14-19)26-2)20-7-3-5-18(13-20)17-11-9-16(15-24)10-12-17/h3-14,24H,15H2,1-2H3. The van der Waals surface area contributed by atoms with Crippen molar-refractivity contribution in [3.8, 4) is 16.9 Å². The van der Waals surface area contributed by atoms with Crippen molar-refractivity contribution < 1.29 is 14.6 Å². The number of carbonyl (C=O) groups is 1. The van der Waals surface area contributed by atoms with Crippen LogP contribution in [-0.2, 0) is 6.61 Å². The van der Waals surface area contributed by atoms with Gasteiger partial charge in [0, 0.05) is 18.3 Å². The second-order valence-corrected chi connectivity index (χ2v) is 6.00. The molecule has 3 aromatic carbocycles. The topological polar surface area (TPSA) is 49.8 Å². The summed E-state index contributed by atoms with van der Waals surface area (Å²) in [5, 5.41) is 9.17. The molecule has 0 aliphatic heterocycles. The third-order valence-electron chi connectivity index (χ3n) is 4.32. The van der Waals surface area contributed by atoms with Gasteiger partial charge in [-0.25, -0.2) is 0 Å². The number of amides is 1. The van der Waals surface area contributed by atoms with Gasteiger partial charge in [-0.05, 0) is 47.0 Å². The smallest absolute Gasteiger partial charge is 0.258 e. The van der Waals surface area contributed by atoms with E-state index in [0.29, 0.717) is 11.3 Å². The van der Waals surface area contributed by atoms with Gasteiger partial charge < -0.3 is 14.7 Å². The molecule has 0 aliphatic rings. The van der Waals surface area contributed by atoms with Crippen LogP contribution in [0.4, 0.5) is 5.69 Å². The molecule has 0 atom stereocenters. The number of ether oxygens (including phenoxy) is 1. The van der Waals surface area contributed by atoms with Gasteiger partial charge in [0.05, 0.1) is 13.7 Å². The van der Waals surface area contributed by atoms with Gasteiger partial charge in [-0.1, -0.05) is 42.5 Å². The second-order valence-electron chi connectivity index (χ2n) is 6.00. The molecule has 4 nitrogen and oxygen atoms in total. The maximum absolute atomic E-state index is 12.8. The summed E-state index contributed by atoms with van der Waals surface area (Å²) in [5.74, 6) is 0.554. The quantitative estimate of drug-likeness (QED) is 0.755. The van der Waals surface area contributed by atoms with Gasteiger partial charge >= 0.3 is 0 Å². The molecule has 1 amide bonds. The van der Waals surface area contributed by atoms with Gasteiger partial charge in [0.15, 0.2) is 0 Å². The number of aliphatic hydroxyl groups excluding tert-OH is 1. The maximum Gasteiger partial charge on any atom is 0.258 e. The molecular weight excluding hydrogens is 326 g/mol. The van der Waals surface area contributed by atoms with Crippen molar-refractivity contribution in [2.24, 2.45) is 0 Å². The van der Waals surface area contributed by atoms with Crippen molar-refractivity contribution in [2.75, 3.05) is 19.1 Å². The number of aliphatic hydroxyl groups is 1. The monoisotopic (exact) mass is 347 g/mol. The fourth-order valence-electron chi connectivity index (χ4n) is 2.76. The molecule has 0 saturated heterocycles. The lowest BCUT2D eigenvalue weighted by atomic mass is 10.0. The van der Waals surface area contributed by atoms with Crippen molar-refractivity contribution in [2.45, 2.75) is 6.61 Å². The molecule has 0 fully saturated rings. The molecule has 132 valence electrons. The first-order valence-corrected chi connectivity index (χ1v) is 8.34. The van der Waals surface area contributed by atoms with Crippen LogP contribution >= 0.6 is 0 Å². The van der Waals surface area contributed by atoms with Gasteiger partial charge in [0.2, 0.25) is 0 Å². The predicted molar refractivity (Wildman–Crippen MR) is 104 cm³/mol. The van der Waals surface area contributed by atoms with E-state index in [0.717, 1.165) is 22.4 Å². The highest BCUT2D eigenvalue weighted by atomic mass is 16.5. The number of nitrogens with zero attached hydrogens (tertiary/aromatic N) is 1. The first-order chi connectivity index (χ1) is 12.6. The van der Waals surface area contributed by atoms with Crippen molar-refractivity contribution in [3.63, 3.8) is 0 Å². The first kappa shape index (κ1) is 17.7. The van der Waals surface area contributed by atoms with Crippen molar-refractivity contribution in [3.05, 3.63) is 83.9 Å². The average molecular weight is 347 g/mol. The normalized spacial score (nSPS) is 10.4. The summed E-state index contributed by atoms with van der Waals surface area (Å²) < 4.78 is 5.20. The van der Waals surface area contributed by atoms with Gasteiger partial charge in [-0.15, -0.1) is 0 Å². The molecule has 0 unspecified atom stereocenters. The minimum atomic E-state index is -0.100. The van der Waals surface area contributed by atoms with E-state index in [1.165, 1.54) is 0 Å². The molecule has 3 aromatic rings. The Kier molecular flexibility index (Phi) is 5.34. The Balaban J connectivity index is 1.87. The lowest BCUT2D eigenvalue weighted by Gasteiger charge is -2.19. The van der Waals surface area contributed by atoms with Gasteiger partial charge in [0.1, 0.15) is 5.75 Å². The van der Waals surface area contributed by atoms with E-state index in [1.54, 1.807) is 37.3 Å². The van der Waals surface area contributed by atoms with Crippen LogP contribution in [-0.4, -0.2) is 25.2 Å². The van der Waals surface area contributed by atoms with E-state index in [1.807, 2.05) is 54.6 Å². The molecule has 0 bridgehead atoms. The molecule has 0 radical (unpaired) electrons. The summed E-state index contributed by atoms with van der Waals surface area (Å²) in [6, 6.07) is 22.7. The Morgan fingerprint density at radius 3 is 2.38 bits per heavy atom. The summed E-state index contributed by atoms with van der Waals surface area (Å²) in [6.07, 6.45) is 0. The Morgan fingerprint density at radius 2 is 1.69 bits per heavy atom. The first-order valence-electron chi connectivity index (χ1n) is 8.34. The Hall–Kier alpha value is -3.11. The van der Waals surface area contributed by atoms with Gasteiger partial charge in [0.25, 0.3) is 5.91 Å². The third kappa shape index (κ3) is 3.76. The summed E-state index contributed by atoms with van der Waals surface area (Å²) in [7, 11) is 3.34. The van der Waals surface area contributed by atoms with E-state index in [4.69, 9.17) is 9.84 Å². The molecule has 26 heavy (non-hydrogen) atoms. The van der Waals surface area contributed by atoms with E-state index in [-0.39, 0.29) is 12.5 Å². The minimum absolute atomic E-state index is 0.0259. The van der Waals surface area contributed by atoms with Crippen LogP contribution in [0.2, 0.25) is 0 Å². The zero-order valence-corrected chi connectivity index (χ0v) is 14.8. The molecule has 0 saturated carbocycles. The van der Waals surface area contributed by atoms with Crippen LogP contribution in [0.1, 0.15) is 15.9 Å². The summed E-state index contributed by atoms with van der Waals surface area (Å²) in [6.45, 7) is 0.0259. The number of carbonyl (C=O) groups excluding carboxylic acids is 1. The lowest BCUT2D eigenvalue weighted by Crippen LogP contribution is -2.26. The molecule has 4 heteroatoms. The fraction of sp³-hybridized carbons (Fsp3) is 0.136. The van der Waals surface area contributed by atoms with E-state index >= 15 is 0 Å². The fourth-order valence-corrected chi connectivity index (χ4v) is 2.76. The number of anilines is 1. The van der Waals surface area contributed by atoms with Crippen molar-refractivity contribution >= 4 is 11.6 Å². The molecule has 0 heterocycles. The number of rotatable bonds is 5. The molecule has 1 N–H and O–H groups in total. The number of methoxy groups -OCH3 is 1. The highest BCUT2D eigenvalue weighted by molar-refractivity contribution is 6.06.